The van der Waals surface area contributed by atoms with Crippen LogP contribution in [0, 0.1) is 0 Å². The second-order valence-corrected chi connectivity index (χ2v) is 3.85. The molecular formula is C10H22F2N2. The van der Waals surface area contributed by atoms with Crippen LogP contribution in [0.4, 0.5) is 8.78 Å². The fourth-order valence-corrected chi connectivity index (χ4v) is 1.18. The van der Waals surface area contributed by atoms with Crippen molar-refractivity contribution in [1.82, 2.24) is 10.2 Å². The summed E-state index contributed by atoms with van der Waals surface area (Å²) in [5.41, 5.74) is 0. The van der Waals surface area contributed by atoms with Crippen LogP contribution in [0.25, 0.3) is 0 Å². The molecule has 0 bridgehead atoms. The highest BCUT2D eigenvalue weighted by molar-refractivity contribution is 4.75. The predicted molar refractivity (Wildman–Crippen MR) is 55.9 cm³/mol. The molecule has 0 saturated heterocycles. The van der Waals surface area contributed by atoms with E-state index in [0.717, 1.165) is 0 Å². The summed E-state index contributed by atoms with van der Waals surface area (Å²) in [5.74, 6) is -2.63. The van der Waals surface area contributed by atoms with Gasteiger partial charge in [0.1, 0.15) is 0 Å². The maximum Gasteiger partial charge on any atom is 0.272 e. The molecule has 0 atom stereocenters. The van der Waals surface area contributed by atoms with Crippen LogP contribution in [-0.4, -0.2) is 43.0 Å². The average molecular weight is 208 g/mol. The number of rotatable bonds is 7. The standard InChI is InChI=1S/C10H22F2N2/c1-5-14(6-2)8-10(11,12)7-13-9(3)4/h9,13H,5-8H2,1-4H3. The van der Waals surface area contributed by atoms with E-state index in [1.54, 1.807) is 4.90 Å². The van der Waals surface area contributed by atoms with Crippen LogP contribution in [0.1, 0.15) is 27.7 Å². The first-order chi connectivity index (χ1) is 6.41. The highest BCUT2D eigenvalue weighted by Gasteiger charge is 2.30. The predicted octanol–water partition coefficient (Wildman–Crippen LogP) is 1.96. The molecule has 4 heteroatoms. The molecule has 0 unspecified atom stereocenters. The van der Waals surface area contributed by atoms with Gasteiger partial charge in [-0.05, 0) is 13.1 Å². The largest absolute Gasteiger partial charge is 0.309 e. The lowest BCUT2D eigenvalue weighted by Crippen LogP contribution is -2.45. The zero-order chi connectivity index (χ0) is 11.2. The Morgan fingerprint density at radius 1 is 1.21 bits per heavy atom. The van der Waals surface area contributed by atoms with Crippen molar-refractivity contribution in [3.63, 3.8) is 0 Å². The number of alkyl halides is 2. The lowest BCUT2D eigenvalue weighted by atomic mass is 10.2. The summed E-state index contributed by atoms with van der Waals surface area (Å²) in [7, 11) is 0. The Labute approximate surface area is 85.7 Å². The molecule has 0 saturated carbocycles. The third-order valence-corrected chi connectivity index (χ3v) is 2.12. The second kappa shape index (κ2) is 6.30. The molecule has 0 aliphatic heterocycles. The molecule has 0 spiro atoms. The van der Waals surface area contributed by atoms with Crippen LogP contribution >= 0.6 is 0 Å². The first kappa shape index (κ1) is 13.8. The topological polar surface area (TPSA) is 15.3 Å². The van der Waals surface area contributed by atoms with Gasteiger partial charge in [0, 0.05) is 6.04 Å². The quantitative estimate of drug-likeness (QED) is 0.688. The van der Waals surface area contributed by atoms with Gasteiger partial charge in [0.05, 0.1) is 13.1 Å². The maximum absolute atomic E-state index is 13.3. The summed E-state index contributed by atoms with van der Waals surface area (Å²) in [6, 6.07) is 0.109. The minimum Gasteiger partial charge on any atom is -0.309 e. The summed E-state index contributed by atoms with van der Waals surface area (Å²) in [4.78, 5) is 1.74. The Bertz CT molecular complexity index is 145. The van der Waals surface area contributed by atoms with Gasteiger partial charge in [-0.3, -0.25) is 4.90 Å². The van der Waals surface area contributed by atoms with Crippen molar-refractivity contribution < 1.29 is 8.78 Å². The zero-order valence-corrected chi connectivity index (χ0v) is 9.61. The molecule has 86 valence electrons. The van der Waals surface area contributed by atoms with Crippen molar-refractivity contribution in [2.24, 2.45) is 0 Å². The Morgan fingerprint density at radius 2 is 1.71 bits per heavy atom. The maximum atomic E-state index is 13.3. The molecule has 14 heavy (non-hydrogen) atoms. The molecule has 0 aromatic rings. The van der Waals surface area contributed by atoms with Crippen LogP contribution in [0.5, 0.6) is 0 Å². The van der Waals surface area contributed by atoms with Gasteiger partial charge in [-0.1, -0.05) is 27.7 Å². The van der Waals surface area contributed by atoms with Crippen molar-refractivity contribution in [1.29, 1.82) is 0 Å². The van der Waals surface area contributed by atoms with Crippen LogP contribution in [0.15, 0.2) is 0 Å². The number of nitrogens with one attached hydrogen (secondary N) is 1. The van der Waals surface area contributed by atoms with E-state index in [9.17, 15) is 8.78 Å². The van der Waals surface area contributed by atoms with Crippen molar-refractivity contribution in [3.05, 3.63) is 0 Å². The van der Waals surface area contributed by atoms with E-state index >= 15 is 0 Å². The highest BCUT2D eigenvalue weighted by Crippen LogP contribution is 2.14. The van der Waals surface area contributed by atoms with E-state index in [1.165, 1.54) is 0 Å². The van der Waals surface area contributed by atoms with Crippen molar-refractivity contribution in [2.45, 2.75) is 39.7 Å². The summed E-state index contributed by atoms with van der Waals surface area (Å²) >= 11 is 0. The molecule has 0 heterocycles. The minimum atomic E-state index is -2.63. The summed E-state index contributed by atoms with van der Waals surface area (Å²) in [6.07, 6.45) is 0. The first-order valence-corrected chi connectivity index (χ1v) is 5.24. The SMILES string of the molecule is CCN(CC)CC(F)(F)CNC(C)C. The molecule has 2 nitrogen and oxygen atoms in total. The number of nitrogens with zero attached hydrogens (tertiary/aromatic N) is 1. The van der Waals surface area contributed by atoms with E-state index < -0.39 is 5.92 Å². The Balaban J connectivity index is 3.91. The molecule has 0 aromatic heterocycles. The molecule has 1 N–H and O–H groups in total. The van der Waals surface area contributed by atoms with Gasteiger partial charge >= 0.3 is 0 Å². The number of halogens is 2. The third kappa shape index (κ3) is 6.27. The first-order valence-electron chi connectivity index (χ1n) is 5.24. The van der Waals surface area contributed by atoms with Gasteiger partial charge in [-0.2, -0.15) is 0 Å². The number of hydrogen-bond donors (Lipinski definition) is 1. The van der Waals surface area contributed by atoms with Gasteiger partial charge in [0.15, 0.2) is 0 Å². The lowest BCUT2D eigenvalue weighted by Gasteiger charge is -2.25. The van der Waals surface area contributed by atoms with E-state index in [0.29, 0.717) is 13.1 Å². The molecule has 0 aliphatic carbocycles. The van der Waals surface area contributed by atoms with Crippen molar-refractivity contribution >= 4 is 0 Å². The third-order valence-electron chi connectivity index (χ3n) is 2.12. The zero-order valence-electron chi connectivity index (χ0n) is 9.61. The monoisotopic (exact) mass is 208 g/mol. The molecule has 0 aromatic carbocycles. The van der Waals surface area contributed by atoms with Crippen LogP contribution in [0.2, 0.25) is 0 Å². The second-order valence-electron chi connectivity index (χ2n) is 3.85. The lowest BCUT2D eigenvalue weighted by molar-refractivity contribution is -0.0296. The highest BCUT2D eigenvalue weighted by atomic mass is 19.3. The average Bonchev–Trinajstić information content (AvgIpc) is 2.11. The molecule has 0 amide bonds. The fourth-order valence-electron chi connectivity index (χ4n) is 1.18. The van der Waals surface area contributed by atoms with E-state index in [4.69, 9.17) is 0 Å². The van der Waals surface area contributed by atoms with Crippen LogP contribution in [-0.2, 0) is 0 Å². The van der Waals surface area contributed by atoms with Gasteiger partial charge in [0.2, 0.25) is 0 Å². The summed E-state index contributed by atoms with van der Waals surface area (Å²) in [6.45, 7) is 8.49. The fraction of sp³-hybridized carbons (Fsp3) is 1.00. The normalized spacial score (nSPS) is 12.9. The van der Waals surface area contributed by atoms with E-state index in [1.807, 2.05) is 27.7 Å². The van der Waals surface area contributed by atoms with Crippen LogP contribution in [0.3, 0.4) is 0 Å². The Morgan fingerprint density at radius 3 is 2.07 bits per heavy atom. The minimum absolute atomic E-state index is 0.109. The molecule has 0 fully saturated rings. The molecular weight excluding hydrogens is 186 g/mol. The van der Waals surface area contributed by atoms with Crippen molar-refractivity contribution in [2.75, 3.05) is 26.2 Å². The van der Waals surface area contributed by atoms with Gasteiger partial charge < -0.3 is 5.32 Å². The molecule has 0 rings (SSSR count). The molecule has 0 radical (unpaired) electrons. The number of hydrogen-bond acceptors (Lipinski definition) is 2. The van der Waals surface area contributed by atoms with Crippen molar-refractivity contribution in [3.8, 4) is 0 Å². The van der Waals surface area contributed by atoms with Gasteiger partial charge in [0.25, 0.3) is 5.92 Å². The van der Waals surface area contributed by atoms with Gasteiger partial charge in [-0.25, -0.2) is 8.78 Å². The van der Waals surface area contributed by atoms with Crippen LogP contribution < -0.4 is 5.32 Å². The Hall–Kier alpha value is -0.220. The summed E-state index contributed by atoms with van der Waals surface area (Å²) < 4.78 is 26.6. The Kier molecular flexibility index (Phi) is 6.20. The van der Waals surface area contributed by atoms with Gasteiger partial charge in [-0.15, -0.1) is 0 Å². The smallest absolute Gasteiger partial charge is 0.272 e. The van der Waals surface area contributed by atoms with E-state index in [-0.39, 0.29) is 19.1 Å². The van der Waals surface area contributed by atoms with E-state index in [2.05, 4.69) is 5.32 Å². The molecule has 0 aliphatic rings. The summed E-state index contributed by atoms with van der Waals surface area (Å²) in [5, 5.41) is 2.76.